The molecule has 0 bridgehead atoms. The maximum absolute atomic E-state index is 11.4. The number of amides is 1. The minimum atomic E-state index is -0.219. The molecule has 2 fully saturated rings. The Morgan fingerprint density at radius 1 is 1.20 bits per heavy atom. The fourth-order valence-electron chi connectivity index (χ4n) is 5.34. The summed E-state index contributed by atoms with van der Waals surface area (Å²) in [5, 5.41) is 11.1. The van der Waals surface area contributed by atoms with E-state index >= 15 is 0 Å². The van der Waals surface area contributed by atoms with E-state index in [2.05, 4.69) is 52.1 Å². The molecule has 1 atom stereocenters. The van der Waals surface area contributed by atoms with Gasteiger partial charge in [0.1, 0.15) is 17.1 Å². The fraction of sp³-hybridized carbons (Fsp3) is 0.464. The standard InChI is InChI=1S/C28H34N8O4/c1-16(37)31-21-11-17(7-10-29-21)40-18-13-30-25-23(24(18)38-6)35(5)26(33-25)32-22-12-19(27(2,3)4)36(34-22)20-14-39-15-28(20)8-9-28/h7,10-13,20H,8-9,14-15H2,1-6H3,(H,29,31,37)(H,30,32,33,34)/t20-/m1/s1. The molecule has 12 nitrogen and oxygen atoms in total. The van der Waals surface area contributed by atoms with E-state index in [1.54, 1.807) is 31.6 Å². The number of aryl methyl sites for hydroxylation is 1. The van der Waals surface area contributed by atoms with E-state index in [-0.39, 0.29) is 22.8 Å². The number of anilines is 3. The van der Waals surface area contributed by atoms with E-state index in [4.69, 9.17) is 24.3 Å². The van der Waals surface area contributed by atoms with Crippen LogP contribution in [0, 0.1) is 5.41 Å². The van der Waals surface area contributed by atoms with Crippen LogP contribution in [0.15, 0.2) is 30.6 Å². The lowest BCUT2D eigenvalue weighted by molar-refractivity contribution is -0.114. The van der Waals surface area contributed by atoms with Crippen LogP contribution < -0.4 is 20.1 Å². The summed E-state index contributed by atoms with van der Waals surface area (Å²) in [6.07, 6.45) is 5.48. The van der Waals surface area contributed by atoms with Crippen molar-refractivity contribution in [2.75, 3.05) is 31.0 Å². The Balaban J connectivity index is 1.33. The third-order valence-corrected chi connectivity index (χ3v) is 7.59. The summed E-state index contributed by atoms with van der Waals surface area (Å²) in [7, 11) is 3.46. The first kappa shape index (κ1) is 26.1. The van der Waals surface area contributed by atoms with Crippen LogP contribution in [-0.4, -0.2) is 55.5 Å². The van der Waals surface area contributed by atoms with Crippen LogP contribution in [0.25, 0.3) is 11.2 Å². The predicted octanol–water partition coefficient (Wildman–Crippen LogP) is 4.71. The summed E-state index contributed by atoms with van der Waals surface area (Å²) in [6, 6.07) is 5.66. The third-order valence-electron chi connectivity index (χ3n) is 7.59. The van der Waals surface area contributed by atoms with E-state index in [1.807, 2.05) is 11.6 Å². The van der Waals surface area contributed by atoms with Gasteiger partial charge < -0.3 is 29.4 Å². The van der Waals surface area contributed by atoms with Gasteiger partial charge in [-0.25, -0.2) is 9.97 Å². The lowest BCUT2D eigenvalue weighted by atomic mass is 9.90. The third kappa shape index (κ3) is 4.61. The normalized spacial score (nSPS) is 17.8. The molecule has 6 rings (SSSR count). The number of carbonyl (C=O) groups excluding carboxylic acids is 1. The highest BCUT2D eigenvalue weighted by molar-refractivity contribution is 5.88. The monoisotopic (exact) mass is 546 g/mol. The highest BCUT2D eigenvalue weighted by Gasteiger charge is 2.55. The molecule has 1 spiro atoms. The zero-order chi connectivity index (χ0) is 28.2. The van der Waals surface area contributed by atoms with Gasteiger partial charge >= 0.3 is 0 Å². The predicted molar refractivity (Wildman–Crippen MR) is 149 cm³/mol. The smallest absolute Gasteiger partial charge is 0.222 e. The maximum Gasteiger partial charge on any atom is 0.222 e. The molecule has 4 aromatic rings. The number of carbonyl (C=O) groups is 1. The summed E-state index contributed by atoms with van der Waals surface area (Å²) in [4.78, 5) is 24.8. The minimum Gasteiger partial charge on any atom is -0.491 e. The molecule has 0 aromatic carbocycles. The van der Waals surface area contributed by atoms with Gasteiger partial charge in [-0.1, -0.05) is 20.8 Å². The molecule has 1 saturated heterocycles. The van der Waals surface area contributed by atoms with Gasteiger partial charge in [0.05, 0.1) is 32.6 Å². The number of nitrogens with zero attached hydrogens (tertiary/aromatic N) is 6. The van der Waals surface area contributed by atoms with Crippen LogP contribution >= 0.6 is 0 Å². The van der Waals surface area contributed by atoms with Gasteiger partial charge in [-0.05, 0) is 18.9 Å². The van der Waals surface area contributed by atoms with Crippen molar-refractivity contribution >= 4 is 34.7 Å². The molecule has 0 radical (unpaired) electrons. The van der Waals surface area contributed by atoms with Crippen LogP contribution in [-0.2, 0) is 22.0 Å². The van der Waals surface area contributed by atoms with E-state index < -0.39 is 0 Å². The van der Waals surface area contributed by atoms with Crippen LogP contribution in [0.4, 0.5) is 17.6 Å². The van der Waals surface area contributed by atoms with E-state index in [0.717, 1.165) is 12.3 Å². The van der Waals surface area contributed by atoms with Gasteiger partial charge in [0.15, 0.2) is 23.0 Å². The number of imidazole rings is 1. The molecule has 1 aliphatic heterocycles. The van der Waals surface area contributed by atoms with Crippen molar-refractivity contribution in [2.24, 2.45) is 12.5 Å². The number of hydrogen-bond donors (Lipinski definition) is 2. The summed E-state index contributed by atoms with van der Waals surface area (Å²) >= 11 is 0. The SMILES string of the molecule is COc1c(Oc2ccnc(NC(C)=O)c2)cnc2nc(Nc3cc(C(C)(C)C)n([C@@H]4COCC45CC5)n3)n(C)c12. The molecule has 40 heavy (non-hydrogen) atoms. The van der Waals surface area contributed by atoms with Crippen molar-refractivity contribution in [3.05, 3.63) is 36.3 Å². The van der Waals surface area contributed by atoms with Crippen LogP contribution in [0.2, 0.25) is 0 Å². The zero-order valence-electron chi connectivity index (χ0n) is 23.6. The Morgan fingerprint density at radius 3 is 2.70 bits per heavy atom. The first-order valence-corrected chi connectivity index (χ1v) is 13.3. The Kier molecular flexibility index (Phi) is 6.17. The van der Waals surface area contributed by atoms with Gasteiger partial charge in [0, 0.05) is 48.8 Å². The molecule has 1 amide bonds. The first-order valence-electron chi connectivity index (χ1n) is 13.3. The lowest BCUT2D eigenvalue weighted by Crippen LogP contribution is -2.26. The molecular weight excluding hydrogens is 512 g/mol. The number of nitrogens with one attached hydrogen (secondary N) is 2. The Morgan fingerprint density at radius 2 is 2.00 bits per heavy atom. The second-order valence-electron chi connectivity index (χ2n) is 11.6. The largest absolute Gasteiger partial charge is 0.491 e. The first-order chi connectivity index (χ1) is 19.1. The lowest BCUT2D eigenvalue weighted by Gasteiger charge is -2.25. The zero-order valence-corrected chi connectivity index (χ0v) is 23.6. The van der Waals surface area contributed by atoms with Gasteiger partial charge in [0.25, 0.3) is 0 Å². The topological polar surface area (TPSA) is 130 Å². The highest BCUT2D eigenvalue weighted by Crippen LogP contribution is 2.58. The van der Waals surface area contributed by atoms with Crippen molar-refractivity contribution in [2.45, 2.75) is 52.0 Å². The number of methoxy groups -OCH3 is 1. The second-order valence-corrected chi connectivity index (χ2v) is 11.6. The van der Waals surface area contributed by atoms with Crippen molar-refractivity contribution in [3.8, 4) is 17.2 Å². The molecule has 1 saturated carbocycles. The fourth-order valence-corrected chi connectivity index (χ4v) is 5.34. The van der Waals surface area contributed by atoms with Gasteiger partial charge in [-0.3, -0.25) is 9.48 Å². The number of ether oxygens (including phenoxy) is 3. The van der Waals surface area contributed by atoms with Crippen LogP contribution in [0.1, 0.15) is 52.3 Å². The highest BCUT2D eigenvalue weighted by atomic mass is 16.5. The Bertz CT molecular complexity index is 1600. The molecule has 1 aliphatic carbocycles. The summed E-state index contributed by atoms with van der Waals surface area (Å²) in [5.41, 5.74) is 2.43. The quantitative estimate of drug-likeness (QED) is 0.338. The van der Waals surface area contributed by atoms with Gasteiger partial charge in [-0.15, -0.1) is 0 Å². The molecule has 2 N–H and O–H groups in total. The molecule has 12 heteroatoms. The van der Waals surface area contributed by atoms with Crippen molar-refractivity contribution in [1.82, 2.24) is 29.3 Å². The number of aromatic nitrogens is 6. The van der Waals surface area contributed by atoms with Gasteiger partial charge in [0.2, 0.25) is 11.9 Å². The van der Waals surface area contributed by atoms with Crippen molar-refractivity contribution < 1.29 is 19.0 Å². The average molecular weight is 547 g/mol. The van der Waals surface area contributed by atoms with E-state index in [0.29, 0.717) is 52.6 Å². The molecule has 0 unspecified atom stereocenters. The number of fused-ring (bicyclic) bond motifs is 1. The van der Waals surface area contributed by atoms with E-state index in [1.165, 1.54) is 19.8 Å². The van der Waals surface area contributed by atoms with E-state index in [9.17, 15) is 4.79 Å². The molecule has 2 aliphatic rings. The molecular formula is C28H34N8O4. The van der Waals surface area contributed by atoms with Crippen LogP contribution in [0.5, 0.6) is 17.2 Å². The summed E-state index contributed by atoms with van der Waals surface area (Å²) in [5.74, 6) is 2.81. The van der Waals surface area contributed by atoms with Crippen LogP contribution in [0.3, 0.4) is 0 Å². The Hall–Kier alpha value is -4.19. The molecule has 5 heterocycles. The number of rotatable bonds is 7. The Labute approximate surface area is 232 Å². The number of pyridine rings is 2. The summed E-state index contributed by atoms with van der Waals surface area (Å²) in [6.45, 7) is 9.51. The van der Waals surface area contributed by atoms with Gasteiger partial charge in [-0.2, -0.15) is 10.1 Å². The summed E-state index contributed by atoms with van der Waals surface area (Å²) < 4.78 is 21.8. The maximum atomic E-state index is 11.4. The van der Waals surface area contributed by atoms with Crippen molar-refractivity contribution in [1.29, 1.82) is 0 Å². The number of hydrogen-bond acceptors (Lipinski definition) is 9. The second kappa shape index (κ2) is 9.47. The minimum absolute atomic E-state index is 0.0955. The molecule has 210 valence electrons. The molecule has 4 aromatic heterocycles. The van der Waals surface area contributed by atoms with Crippen molar-refractivity contribution in [3.63, 3.8) is 0 Å². The average Bonchev–Trinajstić information content (AvgIpc) is 3.20.